The highest BCUT2D eigenvalue weighted by Crippen LogP contribution is 2.17. The van der Waals surface area contributed by atoms with Crippen molar-refractivity contribution in [1.82, 2.24) is 5.32 Å². The van der Waals surface area contributed by atoms with Crippen molar-refractivity contribution >= 4 is 0 Å². The first-order valence-electron chi connectivity index (χ1n) is 6.67. The third kappa shape index (κ3) is 3.55. The largest absolute Gasteiger partial charge is 0.386 e. The van der Waals surface area contributed by atoms with Crippen LogP contribution in [0.1, 0.15) is 24.5 Å². The van der Waals surface area contributed by atoms with E-state index in [4.69, 9.17) is 4.74 Å². The lowest BCUT2D eigenvalue weighted by Gasteiger charge is -2.24. The van der Waals surface area contributed by atoms with Gasteiger partial charge in [0.05, 0.1) is 6.61 Å². The summed E-state index contributed by atoms with van der Waals surface area (Å²) in [5.41, 5.74) is 2.03. The van der Waals surface area contributed by atoms with Crippen molar-refractivity contribution in [3.63, 3.8) is 0 Å². The molecule has 0 aliphatic carbocycles. The zero-order chi connectivity index (χ0) is 13.0. The third-order valence-corrected chi connectivity index (χ3v) is 3.65. The molecule has 3 nitrogen and oxygen atoms in total. The minimum Gasteiger partial charge on any atom is -0.386 e. The predicted octanol–water partition coefficient (Wildman–Crippen LogP) is 1.67. The summed E-state index contributed by atoms with van der Waals surface area (Å²) in [7, 11) is 0. The number of aryl methyl sites for hydroxylation is 1. The Morgan fingerprint density at radius 2 is 2.22 bits per heavy atom. The van der Waals surface area contributed by atoms with Crippen LogP contribution < -0.4 is 5.32 Å². The highest BCUT2D eigenvalue weighted by Gasteiger charge is 2.32. The average Bonchev–Trinajstić information content (AvgIpc) is 2.77. The van der Waals surface area contributed by atoms with Gasteiger partial charge in [-0.3, -0.25) is 0 Å². The van der Waals surface area contributed by atoms with Crippen LogP contribution in [0, 0.1) is 6.92 Å². The number of ether oxygens (including phenoxy) is 1. The van der Waals surface area contributed by atoms with Gasteiger partial charge < -0.3 is 15.2 Å². The van der Waals surface area contributed by atoms with Gasteiger partial charge in [0.25, 0.3) is 0 Å². The summed E-state index contributed by atoms with van der Waals surface area (Å²) < 4.78 is 5.24. The maximum Gasteiger partial charge on any atom is 0.102 e. The quantitative estimate of drug-likeness (QED) is 0.834. The molecule has 0 radical (unpaired) electrons. The molecule has 3 heteroatoms. The molecule has 0 amide bonds. The van der Waals surface area contributed by atoms with Gasteiger partial charge in [-0.15, -0.1) is 0 Å². The first kappa shape index (κ1) is 13.5. The van der Waals surface area contributed by atoms with Crippen LogP contribution in [0.3, 0.4) is 0 Å². The van der Waals surface area contributed by atoms with Gasteiger partial charge in [-0.2, -0.15) is 0 Å². The monoisotopic (exact) mass is 249 g/mol. The van der Waals surface area contributed by atoms with Crippen molar-refractivity contribution in [2.75, 3.05) is 19.8 Å². The molecule has 1 heterocycles. The molecule has 0 spiro atoms. The van der Waals surface area contributed by atoms with E-state index in [1.54, 1.807) is 0 Å². The third-order valence-electron chi connectivity index (χ3n) is 3.65. The minimum atomic E-state index is -0.667. The van der Waals surface area contributed by atoms with Crippen molar-refractivity contribution < 1.29 is 9.84 Å². The molecule has 100 valence electrons. The van der Waals surface area contributed by atoms with Crippen LogP contribution in [-0.2, 0) is 11.2 Å². The fourth-order valence-corrected chi connectivity index (χ4v) is 2.34. The molecule has 1 aromatic carbocycles. The van der Waals surface area contributed by atoms with E-state index < -0.39 is 5.60 Å². The Morgan fingerprint density at radius 1 is 1.44 bits per heavy atom. The SMILES string of the molecule is Cc1ccccc1C[C@@H](C)NC[C@]1(O)CCOC1. The van der Waals surface area contributed by atoms with Crippen LogP contribution in [0.2, 0.25) is 0 Å². The van der Waals surface area contributed by atoms with Crippen molar-refractivity contribution in [3.8, 4) is 0 Å². The fraction of sp³-hybridized carbons (Fsp3) is 0.600. The molecule has 1 fully saturated rings. The second kappa shape index (κ2) is 5.83. The van der Waals surface area contributed by atoms with Crippen LogP contribution in [0.25, 0.3) is 0 Å². The zero-order valence-corrected chi connectivity index (χ0v) is 11.3. The molecule has 1 aliphatic rings. The van der Waals surface area contributed by atoms with Gasteiger partial charge in [-0.05, 0) is 31.4 Å². The highest BCUT2D eigenvalue weighted by molar-refractivity contribution is 5.26. The van der Waals surface area contributed by atoms with E-state index in [9.17, 15) is 5.11 Å². The van der Waals surface area contributed by atoms with E-state index >= 15 is 0 Å². The van der Waals surface area contributed by atoms with E-state index in [2.05, 4.69) is 43.4 Å². The molecule has 0 bridgehead atoms. The Labute approximate surface area is 109 Å². The lowest BCUT2D eigenvalue weighted by atomic mass is 10.00. The Balaban J connectivity index is 1.82. The van der Waals surface area contributed by atoms with Gasteiger partial charge in [0, 0.05) is 25.6 Å². The molecule has 0 aromatic heterocycles. The molecule has 2 atom stereocenters. The van der Waals surface area contributed by atoms with E-state index in [0.717, 1.165) is 12.8 Å². The molecule has 2 N–H and O–H groups in total. The van der Waals surface area contributed by atoms with Crippen LogP contribution >= 0.6 is 0 Å². The summed E-state index contributed by atoms with van der Waals surface area (Å²) in [6.45, 7) is 6.04. The summed E-state index contributed by atoms with van der Waals surface area (Å²) in [6, 6.07) is 8.81. The number of benzene rings is 1. The normalized spacial score (nSPS) is 25.3. The lowest BCUT2D eigenvalue weighted by Crippen LogP contribution is -2.44. The molecule has 2 rings (SSSR count). The van der Waals surface area contributed by atoms with Gasteiger partial charge in [-0.25, -0.2) is 0 Å². The Bertz CT molecular complexity index is 386. The minimum absolute atomic E-state index is 0.357. The first-order valence-corrected chi connectivity index (χ1v) is 6.67. The molecule has 1 saturated heterocycles. The standard InChI is InChI=1S/C15H23NO2/c1-12-5-3-4-6-14(12)9-13(2)16-10-15(17)7-8-18-11-15/h3-6,13,16-17H,7-11H2,1-2H3/t13-,15-/m1/s1. The first-order chi connectivity index (χ1) is 8.59. The Kier molecular flexibility index (Phi) is 4.38. The van der Waals surface area contributed by atoms with Gasteiger partial charge in [-0.1, -0.05) is 24.3 Å². The molecular formula is C15H23NO2. The molecule has 1 aromatic rings. The van der Waals surface area contributed by atoms with E-state index in [1.807, 2.05) is 0 Å². The maximum atomic E-state index is 10.2. The number of aliphatic hydroxyl groups is 1. The summed E-state index contributed by atoms with van der Waals surface area (Å²) in [5, 5.41) is 13.6. The summed E-state index contributed by atoms with van der Waals surface area (Å²) in [5.74, 6) is 0. The summed E-state index contributed by atoms with van der Waals surface area (Å²) in [6.07, 6.45) is 1.72. The van der Waals surface area contributed by atoms with Gasteiger partial charge in [0.15, 0.2) is 0 Å². The van der Waals surface area contributed by atoms with Crippen LogP contribution in [0.4, 0.5) is 0 Å². The molecule has 18 heavy (non-hydrogen) atoms. The zero-order valence-electron chi connectivity index (χ0n) is 11.3. The van der Waals surface area contributed by atoms with Crippen LogP contribution in [0.15, 0.2) is 24.3 Å². The maximum absolute atomic E-state index is 10.2. The molecule has 0 saturated carbocycles. The second-order valence-corrected chi connectivity index (χ2v) is 5.44. The van der Waals surface area contributed by atoms with Crippen molar-refractivity contribution in [3.05, 3.63) is 35.4 Å². The van der Waals surface area contributed by atoms with Gasteiger partial charge >= 0.3 is 0 Å². The molecule has 0 unspecified atom stereocenters. The number of hydrogen-bond donors (Lipinski definition) is 2. The van der Waals surface area contributed by atoms with Crippen molar-refractivity contribution in [2.24, 2.45) is 0 Å². The smallest absolute Gasteiger partial charge is 0.102 e. The highest BCUT2D eigenvalue weighted by atomic mass is 16.5. The number of rotatable bonds is 5. The van der Waals surface area contributed by atoms with Gasteiger partial charge in [0.1, 0.15) is 5.60 Å². The topological polar surface area (TPSA) is 41.5 Å². The van der Waals surface area contributed by atoms with Crippen LogP contribution in [-0.4, -0.2) is 36.5 Å². The number of nitrogens with one attached hydrogen (secondary N) is 1. The Morgan fingerprint density at radius 3 is 2.89 bits per heavy atom. The molecule has 1 aliphatic heterocycles. The average molecular weight is 249 g/mol. The van der Waals surface area contributed by atoms with E-state index in [0.29, 0.717) is 25.8 Å². The van der Waals surface area contributed by atoms with Gasteiger partial charge in [0.2, 0.25) is 0 Å². The van der Waals surface area contributed by atoms with Crippen molar-refractivity contribution in [2.45, 2.75) is 38.3 Å². The van der Waals surface area contributed by atoms with E-state index in [-0.39, 0.29) is 0 Å². The lowest BCUT2D eigenvalue weighted by molar-refractivity contribution is 0.0252. The Hall–Kier alpha value is -0.900. The predicted molar refractivity (Wildman–Crippen MR) is 72.7 cm³/mol. The fourth-order valence-electron chi connectivity index (χ4n) is 2.34. The second-order valence-electron chi connectivity index (χ2n) is 5.44. The summed E-state index contributed by atoms with van der Waals surface area (Å²) >= 11 is 0. The van der Waals surface area contributed by atoms with Crippen molar-refractivity contribution in [1.29, 1.82) is 0 Å². The van der Waals surface area contributed by atoms with E-state index in [1.165, 1.54) is 11.1 Å². The van der Waals surface area contributed by atoms with Crippen LogP contribution in [0.5, 0.6) is 0 Å². The summed E-state index contributed by atoms with van der Waals surface area (Å²) in [4.78, 5) is 0. The number of hydrogen-bond acceptors (Lipinski definition) is 3. The molecular weight excluding hydrogens is 226 g/mol.